The van der Waals surface area contributed by atoms with Crippen molar-refractivity contribution in [2.45, 2.75) is 26.4 Å². The van der Waals surface area contributed by atoms with E-state index in [4.69, 9.17) is 22.1 Å². The summed E-state index contributed by atoms with van der Waals surface area (Å²) in [7, 11) is 0. The van der Waals surface area contributed by atoms with E-state index >= 15 is 0 Å². The number of ether oxygens (including phenoxy) is 1. The highest BCUT2D eigenvalue weighted by Crippen LogP contribution is 2.36. The minimum absolute atomic E-state index is 0.00900. The second kappa shape index (κ2) is 7.25. The molecule has 0 aliphatic carbocycles. The molecule has 1 atom stereocenters. The Bertz CT molecular complexity index is 928. The number of primary amides is 1. The lowest BCUT2D eigenvalue weighted by molar-refractivity contribution is 0.0999. The molecule has 0 saturated carbocycles. The Balaban J connectivity index is 2.01. The van der Waals surface area contributed by atoms with Gasteiger partial charge in [-0.3, -0.25) is 4.79 Å². The number of anilines is 2. The third kappa shape index (κ3) is 3.83. The Hall–Kier alpha value is -2.38. The number of hydrogen-bond acceptors (Lipinski definition) is 6. The quantitative estimate of drug-likeness (QED) is 0.666. The molecular formula is C17H17ClN4O2S. The van der Waals surface area contributed by atoms with E-state index in [1.54, 1.807) is 24.3 Å². The van der Waals surface area contributed by atoms with Crippen LogP contribution in [-0.2, 0) is 0 Å². The number of thiophene rings is 1. The number of nitrogens with two attached hydrogens (primary N) is 1. The summed E-state index contributed by atoms with van der Waals surface area (Å²) in [5.41, 5.74) is 7.22. The molecule has 2 aromatic heterocycles. The summed E-state index contributed by atoms with van der Waals surface area (Å²) < 4.78 is 7.42. The molecule has 0 saturated heterocycles. The topological polar surface area (TPSA) is 90.1 Å². The van der Waals surface area contributed by atoms with Crippen LogP contribution in [0.15, 0.2) is 30.6 Å². The van der Waals surface area contributed by atoms with Crippen LogP contribution in [0.1, 0.15) is 30.6 Å². The van der Waals surface area contributed by atoms with Crippen molar-refractivity contribution >= 4 is 50.6 Å². The zero-order chi connectivity index (χ0) is 18.0. The number of aromatic nitrogens is 2. The third-order valence-electron chi connectivity index (χ3n) is 3.70. The minimum atomic E-state index is -0.505. The second-order valence-electron chi connectivity index (χ2n) is 5.52. The zero-order valence-corrected chi connectivity index (χ0v) is 15.3. The minimum Gasteiger partial charge on any atom is -0.489 e. The number of rotatable bonds is 6. The van der Waals surface area contributed by atoms with E-state index in [0.717, 1.165) is 16.6 Å². The average Bonchev–Trinajstić information content (AvgIpc) is 2.97. The van der Waals surface area contributed by atoms with Gasteiger partial charge in [0, 0.05) is 5.56 Å². The van der Waals surface area contributed by atoms with Crippen molar-refractivity contribution in [1.29, 1.82) is 0 Å². The summed E-state index contributed by atoms with van der Waals surface area (Å²) in [5, 5.41) is 3.25. The lowest BCUT2D eigenvalue weighted by Gasteiger charge is -2.17. The van der Waals surface area contributed by atoms with Crippen LogP contribution in [0.4, 0.5) is 11.5 Å². The van der Waals surface area contributed by atoms with E-state index in [1.807, 2.05) is 13.8 Å². The maximum Gasteiger partial charge on any atom is 0.248 e. The van der Waals surface area contributed by atoms with Crippen molar-refractivity contribution in [3.63, 3.8) is 0 Å². The molecule has 1 amide bonds. The molecular weight excluding hydrogens is 360 g/mol. The van der Waals surface area contributed by atoms with Gasteiger partial charge in [0.1, 0.15) is 12.1 Å². The Kier molecular flexibility index (Phi) is 5.06. The van der Waals surface area contributed by atoms with E-state index in [1.165, 1.54) is 17.7 Å². The highest BCUT2D eigenvalue weighted by molar-refractivity contribution is 7.23. The number of carbonyl (C=O) groups is 1. The van der Waals surface area contributed by atoms with Crippen molar-refractivity contribution in [1.82, 2.24) is 9.97 Å². The molecule has 1 unspecified atom stereocenters. The van der Waals surface area contributed by atoms with Crippen LogP contribution in [0.2, 0.25) is 4.34 Å². The number of carbonyl (C=O) groups excluding carboxylic acids is 1. The molecule has 130 valence electrons. The summed E-state index contributed by atoms with van der Waals surface area (Å²) in [6.07, 6.45) is 2.30. The maximum atomic E-state index is 11.5. The van der Waals surface area contributed by atoms with Gasteiger partial charge in [-0.25, -0.2) is 9.97 Å². The summed E-state index contributed by atoms with van der Waals surface area (Å²) in [5.74, 6) is 0.665. The lowest BCUT2D eigenvalue weighted by Crippen LogP contribution is -2.14. The van der Waals surface area contributed by atoms with Crippen LogP contribution >= 0.6 is 22.9 Å². The number of halogens is 1. The summed E-state index contributed by atoms with van der Waals surface area (Å²) >= 11 is 7.47. The molecule has 0 bridgehead atoms. The third-order valence-corrected chi connectivity index (χ3v) is 4.96. The van der Waals surface area contributed by atoms with Crippen molar-refractivity contribution in [2.75, 3.05) is 5.32 Å². The zero-order valence-electron chi connectivity index (χ0n) is 13.7. The number of nitrogens with one attached hydrogen (secondary N) is 1. The molecule has 0 spiro atoms. The number of amides is 1. The SMILES string of the molecule is CCC(C)Oc1cc(C(N)=O)ccc1Nc1ncnc2cc(Cl)sc12. The molecule has 25 heavy (non-hydrogen) atoms. The van der Waals surface area contributed by atoms with Gasteiger partial charge in [0.05, 0.1) is 26.3 Å². The van der Waals surface area contributed by atoms with E-state index in [9.17, 15) is 4.79 Å². The van der Waals surface area contributed by atoms with Gasteiger partial charge in [-0.15, -0.1) is 11.3 Å². The fourth-order valence-corrected chi connectivity index (χ4v) is 3.34. The molecule has 0 aliphatic heterocycles. The molecule has 2 heterocycles. The monoisotopic (exact) mass is 376 g/mol. The first-order valence-corrected chi connectivity index (χ1v) is 8.95. The molecule has 0 radical (unpaired) electrons. The maximum absolute atomic E-state index is 11.5. The lowest BCUT2D eigenvalue weighted by atomic mass is 10.1. The Morgan fingerprint density at radius 2 is 2.20 bits per heavy atom. The van der Waals surface area contributed by atoms with Gasteiger partial charge < -0.3 is 15.8 Å². The Labute approximate surface area is 154 Å². The molecule has 6 nitrogen and oxygen atoms in total. The van der Waals surface area contributed by atoms with Gasteiger partial charge in [0.15, 0.2) is 5.82 Å². The molecule has 0 fully saturated rings. The normalized spacial score (nSPS) is 12.1. The first kappa shape index (κ1) is 17.4. The van der Waals surface area contributed by atoms with E-state index in [-0.39, 0.29) is 6.10 Å². The highest BCUT2D eigenvalue weighted by Gasteiger charge is 2.14. The van der Waals surface area contributed by atoms with Crippen LogP contribution in [0.5, 0.6) is 5.75 Å². The Morgan fingerprint density at radius 3 is 2.92 bits per heavy atom. The Morgan fingerprint density at radius 1 is 1.40 bits per heavy atom. The fourth-order valence-electron chi connectivity index (χ4n) is 2.22. The highest BCUT2D eigenvalue weighted by atomic mass is 35.5. The van der Waals surface area contributed by atoms with Gasteiger partial charge in [-0.05, 0) is 37.6 Å². The predicted octanol–water partition coefficient (Wildman–Crippen LogP) is 4.36. The van der Waals surface area contributed by atoms with Gasteiger partial charge >= 0.3 is 0 Å². The van der Waals surface area contributed by atoms with Crippen LogP contribution in [0.3, 0.4) is 0 Å². The van der Waals surface area contributed by atoms with Crippen molar-refractivity contribution in [2.24, 2.45) is 5.73 Å². The molecule has 0 aliphatic rings. The van der Waals surface area contributed by atoms with E-state index in [0.29, 0.717) is 27.2 Å². The predicted molar refractivity (Wildman–Crippen MR) is 101 cm³/mol. The van der Waals surface area contributed by atoms with E-state index < -0.39 is 5.91 Å². The number of benzene rings is 1. The number of fused-ring (bicyclic) bond motifs is 1. The fraction of sp³-hybridized carbons (Fsp3) is 0.235. The van der Waals surface area contributed by atoms with Gasteiger partial charge in [0.25, 0.3) is 0 Å². The first-order chi connectivity index (χ1) is 12.0. The smallest absolute Gasteiger partial charge is 0.248 e. The van der Waals surface area contributed by atoms with Gasteiger partial charge in [-0.2, -0.15) is 0 Å². The molecule has 3 aromatic rings. The van der Waals surface area contributed by atoms with E-state index in [2.05, 4.69) is 15.3 Å². The molecule has 3 N–H and O–H groups in total. The standard InChI is InChI=1S/C17H17ClN4O2S/c1-3-9(2)24-13-6-10(16(19)23)4-5-11(13)22-17-15-12(20-8-21-17)7-14(18)25-15/h4-9H,3H2,1-2H3,(H2,19,23)(H,20,21,22). The largest absolute Gasteiger partial charge is 0.489 e. The molecule has 3 rings (SSSR count). The first-order valence-electron chi connectivity index (χ1n) is 7.75. The van der Waals surface area contributed by atoms with Crippen LogP contribution in [-0.4, -0.2) is 22.0 Å². The van der Waals surface area contributed by atoms with Crippen LogP contribution in [0.25, 0.3) is 10.2 Å². The van der Waals surface area contributed by atoms with Crippen LogP contribution in [0, 0.1) is 0 Å². The number of hydrogen-bond donors (Lipinski definition) is 2. The van der Waals surface area contributed by atoms with Crippen molar-refractivity contribution < 1.29 is 9.53 Å². The second-order valence-corrected chi connectivity index (χ2v) is 7.21. The van der Waals surface area contributed by atoms with Gasteiger partial charge in [-0.1, -0.05) is 18.5 Å². The summed E-state index contributed by atoms with van der Waals surface area (Å²) in [6.45, 7) is 3.99. The molecule has 8 heteroatoms. The average molecular weight is 377 g/mol. The van der Waals surface area contributed by atoms with Crippen molar-refractivity contribution in [3.8, 4) is 5.75 Å². The summed E-state index contributed by atoms with van der Waals surface area (Å²) in [4.78, 5) is 20.0. The summed E-state index contributed by atoms with van der Waals surface area (Å²) in [6, 6.07) is 6.83. The molecule has 1 aromatic carbocycles. The van der Waals surface area contributed by atoms with Gasteiger partial charge in [0.2, 0.25) is 5.91 Å². The van der Waals surface area contributed by atoms with Crippen molar-refractivity contribution in [3.05, 3.63) is 40.5 Å². The van der Waals surface area contributed by atoms with Crippen LogP contribution < -0.4 is 15.8 Å². The number of nitrogens with zero attached hydrogens (tertiary/aromatic N) is 2.